The van der Waals surface area contributed by atoms with Crippen LogP contribution in [0.5, 0.6) is 0 Å². The molecule has 4 fully saturated rings. The molecular weight excluding hydrogens is 526 g/mol. The van der Waals surface area contributed by atoms with Crippen molar-refractivity contribution in [3.05, 3.63) is 11.6 Å². The van der Waals surface area contributed by atoms with Gasteiger partial charge in [0.25, 0.3) is 0 Å². The largest absolute Gasteiger partial charge is 0.460 e. The van der Waals surface area contributed by atoms with E-state index >= 15 is 0 Å². The van der Waals surface area contributed by atoms with E-state index in [1.165, 1.54) is 5.57 Å². The molecule has 0 radical (unpaired) electrons. The van der Waals surface area contributed by atoms with Gasteiger partial charge in [0.1, 0.15) is 23.4 Å². The maximum Gasteiger partial charge on any atom is 0.306 e. The van der Waals surface area contributed by atoms with Crippen LogP contribution in [0.2, 0.25) is 0 Å². The number of primary amides is 1. The number of carbonyl (C=O) groups excluding carboxylic acids is 3. The topological polar surface area (TPSA) is 145 Å². The van der Waals surface area contributed by atoms with Gasteiger partial charge in [-0.1, -0.05) is 25.5 Å². The van der Waals surface area contributed by atoms with Crippen LogP contribution >= 0.6 is 0 Å². The summed E-state index contributed by atoms with van der Waals surface area (Å²) in [4.78, 5) is 37.0. The first-order chi connectivity index (χ1) is 19.4. The average molecular weight is 578 g/mol. The van der Waals surface area contributed by atoms with Gasteiger partial charge in [-0.05, 0) is 77.6 Å². The smallest absolute Gasteiger partial charge is 0.306 e. The van der Waals surface area contributed by atoms with E-state index in [0.717, 1.165) is 44.9 Å². The first-order valence-corrected chi connectivity index (χ1v) is 15.4. The molecule has 2 amide bonds. The fourth-order valence-electron chi connectivity index (χ4n) is 7.18. The third-order valence-electron chi connectivity index (χ3n) is 9.64. The molecule has 7 atom stereocenters. The van der Waals surface area contributed by atoms with E-state index in [1.807, 2.05) is 13.8 Å². The molecular formula is C31H51N3O7. The van der Waals surface area contributed by atoms with E-state index in [4.69, 9.17) is 24.7 Å². The number of rotatable bonds is 13. The number of epoxide rings is 2. The molecule has 2 aliphatic heterocycles. The van der Waals surface area contributed by atoms with E-state index in [2.05, 4.69) is 37.5 Å². The lowest BCUT2D eigenvalue weighted by Crippen LogP contribution is -2.55. The molecule has 232 valence electrons. The number of hydrogen-bond acceptors (Lipinski definition) is 8. The number of nitrogens with one attached hydrogen (secondary N) is 2. The zero-order valence-electron chi connectivity index (χ0n) is 25.7. The van der Waals surface area contributed by atoms with Gasteiger partial charge in [0, 0.05) is 19.6 Å². The van der Waals surface area contributed by atoms with Crippen LogP contribution in [0.25, 0.3) is 0 Å². The normalized spacial score (nSPS) is 36.9. The lowest BCUT2D eigenvalue weighted by atomic mass is 9.68. The molecule has 0 aromatic heterocycles. The average Bonchev–Trinajstić information content (AvgIpc) is 3.81. The summed E-state index contributed by atoms with van der Waals surface area (Å²) in [6.07, 6.45) is 7.81. The van der Waals surface area contributed by atoms with Crippen LogP contribution in [0.1, 0.15) is 86.0 Å². The van der Waals surface area contributed by atoms with Crippen molar-refractivity contribution in [2.45, 2.75) is 128 Å². The number of esters is 1. The number of hydrogen-bond donors (Lipinski definition) is 3. The second-order valence-electron chi connectivity index (χ2n) is 13.4. The van der Waals surface area contributed by atoms with Crippen molar-refractivity contribution in [3.63, 3.8) is 0 Å². The first-order valence-electron chi connectivity index (χ1n) is 15.4. The van der Waals surface area contributed by atoms with E-state index in [-0.39, 0.29) is 71.7 Å². The Bertz CT molecular complexity index is 984. The third kappa shape index (κ3) is 7.69. The minimum absolute atomic E-state index is 0.00640. The van der Waals surface area contributed by atoms with Crippen molar-refractivity contribution in [1.29, 1.82) is 0 Å². The summed E-state index contributed by atoms with van der Waals surface area (Å²) in [5, 5.41) is 6.00. The van der Waals surface area contributed by atoms with E-state index < -0.39 is 11.9 Å². The number of nitrogens with two attached hydrogens (primary N) is 1. The highest BCUT2D eigenvalue weighted by Gasteiger charge is 2.72. The number of carbonyl (C=O) groups is 3. The second kappa shape index (κ2) is 13.1. The fourth-order valence-corrected chi connectivity index (χ4v) is 7.18. The van der Waals surface area contributed by atoms with Gasteiger partial charge in [0.15, 0.2) is 0 Å². The van der Waals surface area contributed by atoms with Gasteiger partial charge in [0.05, 0.1) is 31.2 Å². The zero-order valence-corrected chi connectivity index (χ0v) is 25.7. The molecule has 1 spiro atoms. The Morgan fingerprint density at radius 2 is 1.80 bits per heavy atom. The van der Waals surface area contributed by atoms with E-state index in [0.29, 0.717) is 13.0 Å². The number of allylic oxidation sites excluding steroid dienone is 1. The summed E-state index contributed by atoms with van der Waals surface area (Å²) < 4.78 is 24.4. The molecule has 41 heavy (non-hydrogen) atoms. The number of ether oxygens (including phenoxy) is 4. The van der Waals surface area contributed by atoms with Gasteiger partial charge >= 0.3 is 5.97 Å². The summed E-state index contributed by atoms with van der Waals surface area (Å²) in [6, 6.07) is -0.474. The summed E-state index contributed by atoms with van der Waals surface area (Å²) in [7, 11) is 1.69. The van der Waals surface area contributed by atoms with Crippen molar-refractivity contribution in [2.24, 2.45) is 23.5 Å². The second-order valence-corrected chi connectivity index (χ2v) is 13.4. The van der Waals surface area contributed by atoms with Crippen LogP contribution in [0.4, 0.5) is 0 Å². The van der Waals surface area contributed by atoms with Crippen LogP contribution in [0.3, 0.4) is 0 Å². The lowest BCUT2D eigenvalue weighted by Gasteiger charge is -2.42. The summed E-state index contributed by atoms with van der Waals surface area (Å²) in [5.74, 6) is -0.549. The van der Waals surface area contributed by atoms with Crippen molar-refractivity contribution in [1.82, 2.24) is 10.6 Å². The van der Waals surface area contributed by atoms with Gasteiger partial charge in [-0.2, -0.15) is 0 Å². The molecule has 0 aromatic rings. The van der Waals surface area contributed by atoms with Crippen molar-refractivity contribution in [2.75, 3.05) is 20.3 Å². The maximum atomic E-state index is 13.1. The predicted molar refractivity (Wildman–Crippen MR) is 154 cm³/mol. The van der Waals surface area contributed by atoms with Gasteiger partial charge in [-0.25, -0.2) is 0 Å². The highest BCUT2D eigenvalue weighted by atomic mass is 16.6. The van der Waals surface area contributed by atoms with Crippen LogP contribution in [0, 0.1) is 17.8 Å². The molecule has 10 heteroatoms. The molecule has 4 unspecified atom stereocenters. The Morgan fingerprint density at radius 3 is 2.37 bits per heavy atom. The molecule has 0 bridgehead atoms. The number of methoxy groups -OCH3 is 1. The van der Waals surface area contributed by atoms with Gasteiger partial charge < -0.3 is 30.0 Å². The fraction of sp³-hybridized carbons (Fsp3) is 0.839. The molecule has 2 saturated carbocycles. The molecule has 4 N–H and O–H groups in total. The minimum atomic E-state index is -0.537. The Kier molecular flexibility index (Phi) is 10.2. The number of amides is 2. The monoisotopic (exact) mass is 577 g/mol. The van der Waals surface area contributed by atoms with Gasteiger partial charge in [-0.3, -0.25) is 19.7 Å². The lowest BCUT2D eigenvalue weighted by molar-refractivity contribution is -0.173. The molecule has 2 aliphatic carbocycles. The Balaban J connectivity index is 1.23. The van der Waals surface area contributed by atoms with Crippen LogP contribution in [-0.4, -0.2) is 79.6 Å². The van der Waals surface area contributed by atoms with Crippen molar-refractivity contribution < 1.29 is 33.3 Å². The predicted octanol–water partition coefficient (Wildman–Crippen LogP) is 2.77. The Hall–Kier alpha value is -2.01. The summed E-state index contributed by atoms with van der Waals surface area (Å²) in [6.45, 7) is 10.9. The quantitative estimate of drug-likeness (QED) is 0.172. The molecule has 4 rings (SSSR count). The standard InChI is InChI=1S/C31H51N3O7/c1-18(2)7-12-23-30(5,41-23)28-27(38-6)22(13-14-31(28)17-39-31)40-25(36)15-20-8-10-21(11-9-20)34-24(35)16-33-26(19(3)4)29(32)37/h7,19-23,26-28,33H,8-17H2,1-6H3,(H2,32,37)(H,34,35)/t20?,21?,22?,23-,26+,27?,28?,30?,31+/m1/s1. The van der Waals surface area contributed by atoms with Gasteiger partial charge in [-0.15, -0.1) is 0 Å². The SMILES string of the molecule is COC1C(OC(=O)CC2CCC(NC(=O)CN[C@H](C(N)=O)C(C)C)CC2)CC[C@]2(CO2)C1C1(C)O[C@@H]1CC=C(C)C. The highest BCUT2D eigenvalue weighted by Crippen LogP contribution is 2.59. The van der Waals surface area contributed by atoms with Crippen LogP contribution in [0.15, 0.2) is 11.6 Å². The first kappa shape index (κ1) is 31.9. The van der Waals surface area contributed by atoms with Crippen LogP contribution in [-0.2, 0) is 33.3 Å². The summed E-state index contributed by atoms with van der Waals surface area (Å²) >= 11 is 0. The third-order valence-corrected chi connectivity index (χ3v) is 9.64. The maximum absolute atomic E-state index is 13.1. The van der Waals surface area contributed by atoms with Gasteiger partial charge in [0.2, 0.25) is 11.8 Å². The molecule has 2 heterocycles. The van der Waals surface area contributed by atoms with E-state index in [9.17, 15) is 14.4 Å². The minimum Gasteiger partial charge on any atom is -0.460 e. The molecule has 0 aromatic carbocycles. The zero-order chi connectivity index (χ0) is 29.9. The molecule has 4 aliphatic rings. The molecule has 10 nitrogen and oxygen atoms in total. The van der Waals surface area contributed by atoms with Crippen molar-refractivity contribution in [3.8, 4) is 0 Å². The summed E-state index contributed by atoms with van der Waals surface area (Å²) in [5.41, 5.74) is 6.08. The van der Waals surface area contributed by atoms with Crippen LogP contribution < -0.4 is 16.4 Å². The van der Waals surface area contributed by atoms with E-state index in [1.54, 1.807) is 7.11 Å². The highest BCUT2D eigenvalue weighted by molar-refractivity contribution is 5.82. The Morgan fingerprint density at radius 1 is 1.12 bits per heavy atom. The molecule has 2 saturated heterocycles. The Labute approximate surface area is 244 Å². The van der Waals surface area contributed by atoms with Crippen molar-refractivity contribution >= 4 is 17.8 Å².